The molecule has 1 aromatic rings. The number of hydrogen-bond acceptors (Lipinski definition) is 5. The molecule has 2 rings (SSSR count). The number of aliphatic hydroxyl groups excluding tert-OH is 1. The topological polar surface area (TPSA) is 79.7 Å². The first-order valence-electron chi connectivity index (χ1n) is 6.63. The quantitative estimate of drug-likeness (QED) is 0.862. The van der Waals surface area contributed by atoms with E-state index >= 15 is 0 Å². The molecule has 6 nitrogen and oxygen atoms in total. The molecule has 0 amide bonds. The van der Waals surface area contributed by atoms with Crippen LogP contribution in [0.4, 0.5) is 0 Å². The molecule has 1 atom stereocenters. The van der Waals surface area contributed by atoms with Crippen LogP contribution in [0.5, 0.6) is 0 Å². The highest BCUT2D eigenvalue weighted by Crippen LogP contribution is 2.23. The second-order valence-corrected chi connectivity index (χ2v) is 6.87. The third-order valence-corrected chi connectivity index (χ3v) is 5.25. The molecule has 1 saturated heterocycles. The molecule has 112 valence electrons. The lowest BCUT2D eigenvalue weighted by atomic mass is 10.0. The van der Waals surface area contributed by atoms with Gasteiger partial charge in [0.05, 0.1) is 13.2 Å². The Labute approximate surface area is 119 Å². The van der Waals surface area contributed by atoms with E-state index in [2.05, 4.69) is 4.98 Å². The van der Waals surface area contributed by atoms with Gasteiger partial charge in [0, 0.05) is 26.4 Å². The number of aliphatic hydroxyl groups is 1. The molecule has 1 aliphatic rings. The van der Waals surface area contributed by atoms with Crippen molar-refractivity contribution >= 4 is 10.0 Å². The first-order valence-corrected chi connectivity index (χ1v) is 8.07. The molecule has 0 saturated carbocycles. The first kappa shape index (κ1) is 15.4. The van der Waals surface area contributed by atoms with E-state index < -0.39 is 10.0 Å². The summed E-state index contributed by atoms with van der Waals surface area (Å²) < 4.78 is 31.6. The van der Waals surface area contributed by atoms with E-state index in [1.807, 2.05) is 0 Å². The number of ether oxygens (including phenoxy) is 1. The summed E-state index contributed by atoms with van der Waals surface area (Å²) >= 11 is 0. The van der Waals surface area contributed by atoms with Gasteiger partial charge < -0.3 is 9.84 Å². The van der Waals surface area contributed by atoms with Crippen molar-refractivity contribution in [2.24, 2.45) is 5.92 Å². The number of hydrogen-bond donors (Lipinski definition) is 1. The van der Waals surface area contributed by atoms with Crippen molar-refractivity contribution in [3.05, 3.63) is 23.9 Å². The molecule has 7 heteroatoms. The zero-order valence-corrected chi connectivity index (χ0v) is 12.3. The van der Waals surface area contributed by atoms with E-state index in [1.165, 1.54) is 16.6 Å². The van der Waals surface area contributed by atoms with E-state index in [9.17, 15) is 8.42 Å². The average Bonchev–Trinajstić information content (AvgIpc) is 2.48. The van der Waals surface area contributed by atoms with Gasteiger partial charge in [-0.15, -0.1) is 0 Å². The van der Waals surface area contributed by atoms with Gasteiger partial charge in [0.1, 0.15) is 0 Å². The Hall–Kier alpha value is -1.02. The molecular formula is C13H20N2O4S. The summed E-state index contributed by atoms with van der Waals surface area (Å²) in [6.45, 7) is 1.42. The van der Waals surface area contributed by atoms with E-state index in [-0.39, 0.29) is 17.6 Å². The molecule has 0 aliphatic carbocycles. The molecule has 1 unspecified atom stereocenters. The van der Waals surface area contributed by atoms with Gasteiger partial charge in [0.2, 0.25) is 0 Å². The number of methoxy groups -OCH3 is 1. The predicted molar refractivity (Wildman–Crippen MR) is 73.5 cm³/mol. The highest BCUT2D eigenvalue weighted by atomic mass is 32.2. The Balaban J connectivity index is 2.16. The van der Waals surface area contributed by atoms with Crippen molar-refractivity contribution in [3.8, 4) is 0 Å². The fourth-order valence-corrected chi connectivity index (χ4v) is 3.87. The van der Waals surface area contributed by atoms with Crippen LogP contribution in [0.15, 0.2) is 23.4 Å². The number of rotatable bonds is 5. The van der Waals surface area contributed by atoms with Crippen LogP contribution in [0.1, 0.15) is 18.4 Å². The van der Waals surface area contributed by atoms with Crippen molar-refractivity contribution in [1.82, 2.24) is 9.29 Å². The Morgan fingerprint density at radius 3 is 2.90 bits per heavy atom. The van der Waals surface area contributed by atoms with Crippen LogP contribution in [0.2, 0.25) is 0 Å². The maximum Gasteiger partial charge on any atom is 0.260 e. The van der Waals surface area contributed by atoms with Gasteiger partial charge >= 0.3 is 0 Å². The minimum Gasteiger partial charge on any atom is -0.392 e. The van der Waals surface area contributed by atoms with Crippen molar-refractivity contribution in [1.29, 1.82) is 0 Å². The van der Waals surface area contributed by atoms with Crippen LogP contribution in [-0.4, -0.2) is 49.6 Å². The smallest absolute Gasteiger partial charge is 0.260 e. The molecule has 0 radical (unpaired) electrons. The molecule has 0 bridgehead atoms. The SMILES string of the molecule is COCC1CCCN(S(=O)(=O)c2ccc(CO)cn2)C1. The molecule has 2 heterocycles. The van der Waals surface area contributed by atoms with Gasteiger partial charge in [-0.3, -0.25) is 0 Å². The van der Waals surface area contributed by atoms with Crippen LogP contribution in [0.3, 0.4) is 0 Å². The Bertz CT molecular complexity index is 528. The largest absolute Gasteiger partial charge is 0.392 e. The Kier molecular flexibility index (Phi) is 5.09. The molecule has 1 N–H and O–H groups in total. The van der Waals surface area contributed by atoms with Crippen molar-refractivity contribution in [2.75, 3.05) is 26.8 Å². The third-order valence-electron chi connectivity index (χ3n) is 3.47. The Morgan fingerprint density at radius 2 is 2.30 bits per heavy atom. The molecule has 1 aromatic heterocycles. The second-order valence-electron chi connectivity index (χ2n) is 4.99. The van der Waals surface area contributed by atoms with Gasteiger partial charge in [0.25, 0.3) is 10.0 Å². The lowest BCUT2D eigenvalue weighted by Crippen LogP contribution is -2.41. The summed E-state index contributed by atoms with van der Waals surface area (Å²) in [6, 6.07) is 3.03. The second kappa shape index (κ2) is 6.62. The van der Waals surface area contributed by atoms with Crippen LogP contribution in [-0.2, 0) is 21.4 Å². The molecule has 1 fully saturated rings. The maximum atomic E-state index is 12.5. The van der Waals surface area contributed by atoms with Gasteiger partial charge in [-0.1, -0.05) is 6.07 Å². The first-order chi connectivity index (χ1) is 9.57. The lowest BCUT2D eigenvalue weighted by molar-refractivity contribution is 0.118. The zero-order valence-electron chi connectivity index (χ0n) is 11.5. The Morgan fingerprint density at radius 1 is 1.50 bits per heavy atom. The normalized spacial score (nSPS) is 21.0. The predicted octanol–water partition coefficient (Wildman–Crippen LogP) is 0.621. The summed E-state index contributed by atoms with van der Waals surface area (Å²) in [4.78, 5) is 3.95. The fourth-order valence-electron chi connectivity index (χ4n) is 2.41. The highest BCUT2D eigenvalue weighted by Gasteiger charge is 2.30. The van der Waals surface area contributed by atoms with Crippen molar-refractivity contribution in [2.45, 2.75) is 24.5 Å². The van der Waals surface area contributed by atoms with Gasteiger partial charge in [-0.05, 0) is 30.4 Å². The molecule has 0 spiro atoms. The highest BCUT2D eigenvalue weighted by molar-refractivity contribution is 7.89. The van der Waals surface area contributed by atoms with Crippen LogP contribution >= 0.6 is 0 Å². The summed E-state index contributed by atoms with van der Waals surface area (Å²) in [7, 11) is -1.93. The van der Waals surface area contributed by atoms with Crippen LogP contribution in [0.25, 0.3) is 0 Å². The number of nitrogens with zero attached hydrogens (tertiary/aromatic N) is 2. The van der Waals surface area contributed by atoms with Gasteiger partial charge in [-0.2, -0.15) is 4.31 Å². The summed E-state index contributed by atoms with van der Waals surface area (Å²) in [6.07, 6.45) is 3.21. The molecular weight excluding hydrogens is 280 g/mol. The summed E-state index contributed by atoms with van der Waals surface area (Å²) in [5.41, 5.74) is 0.597. The standard InChI is InChI=1S/C13H20N2O4S/c1-19-10-12-3-2-6-15(8-12)20(17,18)13-5-4-11(9-16)7-14-13/h4-5,7,12,16H,2-3,6,8-10H2,1H3. The van der Waals surface area contributed by atoms with E-state index in [4.69, 9.17) is 9.84 Å². The van der Waals surface area contributed by atoms with Gasteiger partial charge in [0.15, 0.2) is 5.03 Å². The van der Waals surface area contributed by atoms with Crippen molar-refractivity contribution in [3.63, 3.8) is 0 Å². The monoisotopic (exact) mass is 300 g/mol. The molecule has 0 aromatic carbocycles. The summed E-state index contributed by atoms with van der Waals surface area (Å²) in [5, 5.41) is 9.00. The van der Waals surface area contributed by atoms with Crippen LogP contribution in [0, 0.1) is 5.92 Å². The lowest BCUT2D eigenvalue weighted by Gasteiger charge is -2.31. The maximum absolute atomic E-state index is 12.5. The molecule has 1 aliphatic heterocycles. The fraction of sp³-hybridized carbons (Fsp3) is 0.615. The van der Waals surface area contributed by atoms with Crippen LogP contribution < -0.4 is 0 Å². The number of aromatic nitrogens is 1. The van der Waals surface area contributed by atoms with Crippen molar-refractivity contribution < 1.29 is 18.3 Å². The third kappa shape index (κ3) is 3.35. The number of piperidine rings is 1. The van der Waals surface area contributed by atoms with Gasteiger partial charge in [-0.25, -0.2) is 13.4 Å². The summed E-state index contributed by atoms with van der Waals surface area (Å²) in [5.74, 6) is 0.236. The number of sulfonamides is 1. The minimum atomic E-state index is -3.55. The minimum absolute atomic E-state index is 0.0350. The van der Waals surface area contributed by atoms with E-state index in [0.717, 1.165) is 12.8 Å². The van der Waals surface area contributed by atoms with E-state index in [1.54, 1.807) is 13.2 Å². The zero-order chi connectivity index (χ0) is 14.6. The number of pyridine rings is 1. The average molecular weight is 300 g/mol. The van der Waals surface area contributed by atoms with E-state index in [0.29, 0.717) is 25.3 Å². The molecule has 20 heavy (non-hydrogen) atoms.